The smallest absolute Gasteiger partial charge is 0.377 e. The molecule has 0 bridgehead atoms. The SMILES string of the molecule is O=C(OCCOCCOCCO)C(=COCCOCCOCCO)OCCOCCOCCO. The zero-order valence-corrected chi connectivity index (χ0v) is 19.7. The van der Waals surface area contributed by atoms with Gasteiger partial charge in [0.15, 0.2) is 0 Å². The van der Waals surface area contributed by atoms with Crippen LogP contribution in [-0.4, -0.2) is 140 Å². The first kappa shape index (κ1) is 32.5. The highest BCUT2D eigenvalue weighted by Gasteiger charge is 2.14. The highest BCUT2D eigenvalue weighted by atomic mass is 16.6. The molecular weight excluding hydrogens is 460 g/mol. The van der Waals surface area contributed by atoms with Crippen LogP contribution in [0.25, 0.3) is 0 Å². The Morgan fingerprint density at radius 3 is 1.26 bits per heavy atom. The van der Waals surface area contributed by atoms with Crippen molar-refractivity contribution in [3.05, 3.63) is 12.0 Å². The van der Waals surface area contributed by atoms with Crippen LogP contribution < -0.4 is 0 Å². The number of aliphatic hydroxyl groups excluding tert-OH is 3. The van der Waals surface area contributed by atoms with Gasteiger partial charge in [-0.25, -0.2) is 4.79 Å². The Labute approximate surface area is 200 Å². The van der Waals surface area contributed by atoms with Gasteiger partial charge in [-0.3, -0.25) is 0 Å². The van der Waals surface area contributed by atoms with Crippen molar-refractivity contribution in [2.45, 2.75) is 0 Å². The summed E-state index contributed by atoms with van der Waals surface area (Å²) < 4.78 is 46.9. The van der Waals surface area contributed by atoms with Crippen molar-refractivity contribution >= 4 is 5.97 Å². The number of carbonyl (C=O) groups is 1. The second-order valence-corrected chi connectivity index (χ2v) is 6.18. The first-order chi connectivity index (χ1) is 16.8. The molecule has 0 amide bonds. The molecule has 0 aliphatic rings. The van der Waals surface area contributed by atoms with Crippen molar-refractivity contribution in [1.29, 1.82) is 0 Å². The molecule has 34 heavy (non-hydrogen) atoms. The van der Waals surface area contributed by atoms with Crippen LogP contribution in [0.4, 0.5) is 0 Å². The summed E-state index contributed by atoms with van der Waals surface area (Å²) in [6, 6.07) is 0. The first-order valence-corrected chi connectivity index (χ1v) is 11.2. The summed E-state index contributed by atoms with van der Waals surface area (Å²) in [6.07, 6.45) is 1.15. The van der Waals surface area contributed by atoms with Gasteiger partial charge in [-0.05, 0) is 0 Å². The van der Waals surface area contributed by atoms with Crippen LogP contribution in [-0.2, 0) is 47.4 Å². The molecule has 13 heteroatoms. The van der Waals surface area contributed by atoms with Crippen molar-refractivity contribution in [1.82, 2.24) is 0 Å². The van der Waals surface area contributed by atoms with Gasteiger partial charge in [0.2, 0.25) is 5.76 Å². The molecule has 0 aromatic carbocycles. The lowest BCUT2D eigenvalue weighted by molar-refractivity contribution is -0.145. The van der Waals surface area contributed by atoms with Crippen molar-refractivity contribution < 1.29 is 62.7 Å². The third kappa shape index (κ3) is 23.6. The molecule has 13 nitrogen and oxygen atoms in total. The van der Waals surface area contributed by atoms with Gasteiger partial charge in [0.25, 0.3) is 0 Å². The lowest BCUT2D eigenvalue weighted by atomic mass is 10.5. The number of hydrogen-bond donors (Lipinski definition) is 3. The third-order valence-electron chi connectivity index (χ3n) is 3.51. The lowest BCUT2D eigenvalue weighted by Crippen LogP contribution is -2.18. The van der Waals surface area contributed by atoms with Crippen LogP contribution in [0.1, 0.15) is 0 Å². The Kier molecular flexibility index (Phi) is 26.4. The van der Waals surface area contributed by atoms with E-state index in [4.69, 9.17) is 58.0 Å². The predicted octanol–water partition coefficient (Wildman–Crippen LogP) is -1.52. The van der Waals surface area contributed by atoms with E-state index in [1.54, 1.807) is 0 Å². The van der Waals surface area contributed by atoms with Crippen LogP contribution in [0.3, 0.4) is 0 Å². The molecule has 0 unspecified atom stereocenters. The number of hydrogen-bond acceptors (Lipinski definition) is 13. The predicted molar refractivity (Wildman–Crippen MR) is 117 cm³/mol. The first-order valence-electron chi connectivity index (χ1n) is 11.2. The Balaban J connectivity index is 4.16. The average molecular weight is 501 g/mol. The van der Waals surface area contributed by atoms with Gasteiger partial charge in [0.1, 0.15) is 26.1 Å². The standard InChI is InChI=1S/C21H40O13/c22-1-4-26-7-10-29-13-14-32-19-20(33-17-15-30-11-8-27-5-2-23)21(25)34-18-16-31-12-9-28-6-3-24/h19,22-24H,1-18H2. The third-order valence-corrected chi connectivity index (χ3v) is 3.51. The highest BCUT2D eigenvalue weighted by molar-refractivity contribution is 5.85. The normalized spacial score (nSPS) is 11.6. The molecule has 0 radical (unpaired) electrons. The molecule has 0 aliphatic heterocycles. The minimum atomic E-state index is -0.718. The van der Waals surface area contributed by atoms with Gasteiger partial charge in [0, 0.05) is 0 Å². The van der Waals surface area contributed by atoms with Crippen molar-refractivity contribution in [3.8, 4) is 0 Å². The Hall–Kier alpha value is -1.55. The van der Waals surface area contributed by atoms with Crippen molar-refractivity contribution in [3.63, 3.8) is 0 Å². The van der Waals surface area contributed by atoms with Gasteiger partial charge in [0.05, 0.1) is 99.1 Å². The number of carbonyl (C=O) groups excluding carboxylic acids is 1. The van der Waals surface area contributed by atoms with E-state index in [0.717, 1.165) is 6.26 Å². The molecule has 202 valence electrons. The topological polar surface area (TPSA) is 161 Å². The molecule has 0 aromatic rings. The molecule has 0 aromatic heterocycles. The summed E-state index contributed by atoms with van der Waals surface area (Å²) in [5.74, 6) is -0.845. The van der Waals surface area contributed by atoms with E-state index in [-0.39, 0.29) is 85.0 Å². The average Bonchev–Trinajstić information content (AvgIpc) is 2.84. The van der Waals surface area contributed by atoms with Crippen LogP contribution >= 0.6 is 0 Å². The second kappa shape index (κ2) is 27.7. The van der Waals surface area contributed by atoms with E-state index in [2.05, 4.69) is 0 Å². The summed E-state index contributed by atoms with van der Waals surface area (Å²) >= 11 is 0. The van der Waals surface area contributed by atoms with Crippen LogP contribution in [0, 0.1) is 0 Å². The maximum atomic E-state index is 12.3. The molecule has 0 spiro atoms. The monoisotopic (exact) mass is 500 g/mol. The van der Waals surface area contributed by atoms with Gasteiger partial charge < -0.3 is 58.0 Å². The van der Waals surface area contributed by atoms with Gasteiger partial charge in [-0.15, -0.1) is 0 Å². The van der Waals surface area contributed by atoms with Gasteiger partial charge in [-0.2, -0.15) is 0 Å². The second-order valence-electron chi connectivity index (χ2n) is 6.18. The summed E-state index contributed by atoms with van der Waals surface area (Å²) in [5, 5.41) is 25.8. The summed E-state index contributed by atoms with van der Waals surface area (Å²) in [7, 11) is 0. The van der Waals surface area contributed by atoms with E-state index in [0.29, 0.717) is 39.6 Å². The van der Waals surface area contributed by atoms with Gasteiger partial charge >= 0.3 is 5.97 Å². The zero-order valence-electron chi connectivity index (χ0n) is 19.7. The van der Waals surface area contributed by atoms with Crippen LogP contribution in [0.15, 0.2) is 12.0 Å². The molecule has 0 atom stereocenters. The molecule has 0 heterocycles. The number of ether oxygens (including phenoxy) is 9. The molecule has 3 N–H and O–H groups in total. The number of rotatable bonds is 27. The molecule has 0 rings (SSSR count). The Bertz CT molecular complexity index is 462. The lowest BCUT2D eigenvalue weighted by Gasteiger charge is -2.12. The summed E-state index contributed by atoms with van der Waals surface area (Å²) in [5.41, 5.74) is 0. The zero-order chi connectivity index (χ0) is 25.0. The van der Waals surface area contributed by atoms with E-state index in [9.17, 15) is 4.79 Å². The van der Waals surface area contributed by atoms with Crippen LogP contribution in [0.2, 0.25) is 0 Å². The minimum absolute atomic E-state index is 0.00911. The van der Waals surface area contributed by atoms with Crippen molar-refractivity contribution in [2.75, 3.05) is 119 Å². The molecule has 0 saturated carbocycles. The van der Waals surface area contributed by atoms with E-state index >= 15 is 0 Å². The van der Waals surface area contributed by atoms with Gasteiger partial charge in [-0.1, -0.05) is 0 Å². The molecule has 0 saturated heterocycles. The van der Waals surface area contributed by atoms with E-state index < -0.39 is 5.97 Å². The van der Waals surface area contributed by atoms with Crippen molar-refractivity contribution in [2.24, 2.45) is 0 Å². The molecular formula is C21H40O13. The maximum Gasteiger partial charge on any atom is 0.377 e. The summed E-state index contributed by atoms with van der Waals surface area (Å²) in [6.45, 7) is 3.53. The minimum Gasteiger partial charge on any atom is -0.495 e. The number of esters is 1. The Morgan fingerprint density at radius 2 is 0.824 bits per heavy atom. The maximum absolute atomic E-state index is 12.3. The quantitative estimate of drug-likeness (QED) is 0.0517. The van der Waals surface area contributed by atoms with E-state index in [1.165, 1.54) is 0 Å². The molecule has 0 fully saturated rings. The number of aliphatic hydroxyl groups is 3. The molecule has 0 aliphatic carbocycles. The van der Waals surface area contributed by atoms with E-state index in [1.807, 2.05) is 0 Å². The largest absolute Gasteiger partial charge is 0.495 e. The Morgan fingerprint density at radius 1 is 0.471 bits per heavy atom. The highest BCUT2D eigenvalue weighted by Crippen LogP contribution is 2.02. The fraction of sp³-hybridized carbons (Fsp3) is 0.857. The van der Waals surface area contributed by atoms with Crippen LogP contribution in [0.5, 0.6) is 0 Å². The fourth-order valence-electron chi connectivity index (χ4n) is 2.02. The summed E-state index contributed by atoms with van der Waals surface area (Å²) in [4.78, 5) is 12.3. The fourth-order valence-corrected chi connectivity index (χ4v) is 2.02.